The molecule has 0 aromatic heterocycles. The van der Waals surface area contributed by atoms with Crippen LogP contribution < -0.4 is 5.73 Å². The van der Waals surface area contributed by atoms with Crippen LogP contribution in [0.1, 0.15) is 52.9 Å². The summed E-state index contributed by atoms with van der Waals surface area (Å²) in [4.78, 5) is 2.63. The van der Waals surface area contributed by atoms with E-state index in [4.69, 9.17) is 10.5 Å². The second-order valence-electron chi connectivity index (χ2n) is 5.69. The van der Waals surface area contributed by atoms with E-state index in [0.717, 1.165) is 25.6 Å². The molecule has 1 fully saturated rings. The van der Waals surface area contributed by atoms with Crippen molar-refractivity contribution < 1.29 is 4.74 Å². The monoisotopic (exact) mass is 256 g/mol. The highest BCUT2D eigenvalue weighted by Gasteiger charge is 2.24. The van der Waals surface area contributed by atoms with Crippen molar-refractivity contribution in [3.05, 3.63) is 0 Å². The number of morpholine rings is 1. The second-order valence-corrected chi connectivity index (χ2v) is 5.69. The van der Waals surface area contributed by atoms with Crippen molar-refractivity contribution in [3.63, 3.8) is 0 Å². The molecule has 0 aliphatic carbocycles. The molecule has 2 N–H and O–H groups in total. The summed E-state index contributed by atoms with van der Waals surface area (Å²) in [5, 5.41) is 0. The molecular formula is C15H32N2O. The van der Waals surface area contributed by atoms with E-state index in [9.17, 15) is 0 Å². The van der Waals surface area contributed by atoms with Crippen molar-refractivity contribution in [2.45, 2.75) is 65.0 Å². The molecular weight excluding hydrogens is 224 g/mol. The fourth-order valence-electron chi connectivity index (χ4n) is 2.93. The van der Waals surface area contributed by atoms with Crippen LogP contribution in [0.15, 0.2) is 0 Å². The Hall–Kier alpha value is -0.120. The van der Waals surface area contributed by atoms with Gasteiger partial charge in [0.2, 0.25) is 0 Å². The van der Waals surface area contributed by atoms with Gasteiger partial charge in [-0.3, -0.25) is 4.90 Å². The number of ether oxygens (including phenoxy) is 1. The Morgan fingerprint density at radius 3 is 2.72 bits per heavy atom. The Morgan fingerprint density at radius 2 is 2.11 bits per heavy atom. The van der Waals surface area contributed by atoms with Crippen molar-refractivity contribution in [1.29, 1.82) is 0 Å². The smallest absolute Gasteiger partial charge is 0.0674 e. The fraction of sp³-hybridized carbons (Fsp3) is 1.00. The summed E-state index contributed by atoms with van der Waals surface area (Å²) in [7, 11) is 0. The van der Waals surface area contributed by atoms with Gasteiger partial charge in [0.1, 0.15) is 0 Å². The van der Waals surface area contributed by atoms with Crippen molar-refractivity contribution in [2.75, 3.05) is 26.2 Å². The Balaban J connectivity index is 2.27. The lowest BCUT2D eigenvalue weighted by molar-refractivity contribution is -0.0563. The minimum Gasteiger partial charge on any atom is -0.376 e. The SMILES string of the molecule is CCC(CCN)CCCN1CC(C)OCC1CC. The highest BCUT2D eigenvalue weighted by molar-refractivity contribution is 4.77. The van der Waals surface area contributed by atoms with Gasteiger partial charge in [-0.1, -0.05) is 20.3 Å². The van der Waals surface area contributed by atoms with Crippen molar-refractivity contribution in [3.8, 4) is 0 Å². The molecule has 3 unspecified atom stereocenters. The van der Waals surface area contributed by atoms with E-state index < -0.39 is 0 Å². The van der Waals surface area contributed by atoms with E-state index in [0.29, 0.717) is 12.1 Å². The van der Waals surface area contributed by atoms with Gasteiger partial charge in [-0.2, -0.15) is 0 Å². The number of nitrogens with zero attached hydrogens (tertiary/aromatic N) is 1. The molecule has 0 bridgehead atoms. The Labute approximate surface area is 113 Å². The van der Waals surface area contributed by atoms with Gasteiger partial charge < -0.3 is 10.5 Å². The summed E-state index contributed by atoms with van der Waals surface area (Å²) in [6.07, 6.45) is 6.70. The maximum absolute atomic E-state index is 5.74. The first-order valence-corrected chi connectivity index (χ1v) is 7.76. The standard InChI is InChI=1S/C15H32N2O/c1-4-14(8-9-16)7-6-10-17-11-13(3)18-12-15(17)5-2/h13-15H,4-12,16H2,1-3H3. The third-order valence-electron chi connectivity index (χ3n) is 4.26. The maximum Gasteiger partial charge on any atom is 0.0674 e. The van der Waals surface area contributed by atoms with Crippen LogP contribution in [0.4, 0.5) is 0 Å². The molecule has 3 heteroatoms. The van der Waals surface area contributed by atoms with Gasteiger partial charge >= 0.3 is 0 Å². The molecule has 108 valence electrons. The van der Waals surface area contributed by atoms with Gasteiger partial charge in [0.15, 0.2) is 0 Å². The Morgan fingerprint density at radius 1 is 1.33 bits per heavy atom. The molecule has 1 aliphatic heterocycles. The fourth-order valence-corrected chi connectivity index (χ4v) is 2.93. The molecule has 1 rings (SSSR count). The van der Waals surface area contributed by atoms with Crippen molar-refractivity contribution in [1.82, 2.24) is 4.90 Å². The molecule has 0 saturated carbocycles. The largest absolute Gasteiger partial charge is 0.376 e. The molecule has 3 nitrogen and oxygen atoms in total. The molecule has 1 saturated heterocycles. The number of hydrogen-bond donors (Lipinski definition) is 1. The molecule has 0 amide bonds. The Bertz CT molecular complexity index is 211. The van der Waals surface area contributed by atoms with Crippen molar-refractivity contribution >= 4 is 0 Å². The van der Waals surface area contributed by atoms with E-state index >= 15 is 0 Å². The zero-order valence-electron chi connectivity index (χ0n) is 12.5. The number of nitrogens with two attached hydrogens (primary N) is 1. The third-order valence-corrected chi connectivity index (χ3v) is 4.26. The van der Waals surface area contributed by atoms with Crippen LogP contribution in [0.3, 0.4) is 0 Å². The first-order chi connectivity index (χ1) is 8.71. The minimum absolute atomic E-state index is 0.402. The van der Waals surface area contributed by atoms with Gasteiger partial charge in [0.25, 0.3) is 0 Å². The predicted molar refractivity (Wildman–Crippen MR) is 77.8 cm³/mol. The molecule has 3 atom stereocenters. The van der Waals surface area contributed by atoms with Crippen molar-refractivity contribution in [2.24, 2.45) is 11.7 Å². The van der Waals surface area contributed by atoms with E-state index in [1.807, 2.05) is 0 Å². The first kappa shape index (κ1) is 15.9. The van der Waals surface area contributed by atoms with Crippen LogP contribution in [-0.4, -0.2) is 43.3 Å². The lowest BCUT2D eigenvalue weighted by Crippen LogP contribution is -2.48. The van der Waals surface area contributed by atoms with Gasteiger partial charge in [-0.25, -0.2) is 0 Å². The third kappa shape index (κ3) is 5.25. The topological polar surface area (TPSA) is 38.5 Å². The normalized spacial score (nSPS) is 27.3. The van der Waals surface area contributed by atoms with Crippen LogP contribution in [0.5, 0.6) is 0 Å². The predicted octanol–water partition coefficient (Wildman–Crippen LogP) is 2.64. The van der Waals surface area contributed by atoms with Crippen LogP contribution >= 0.6 is 0 Å². The average Bonchev–Trinajstić information content (AvgIpc) is 2.38. The van der Waals surface area contributed by atoms with Crippen LogP contribution in [0.25, 0.3) is 0 Å². The highest BCUT2D eigenvalue weighted by Crippen LogP contribution is 2.18. The zero-order chi connectivity index (χ0) is 13.4. The molecule has 1 heterocycles. The number of rotatable bonds is 8. The van der Waals surface area contributed by atoms with E-state index in [-0.39, 0.29) is 0 Å². The van der Waals surface area contributed by atoms with Crippen LogP contribution in [0, 0.1) is 5.92 Å². The zero-order valence-corrected chi connectivity index (χ0v) is 12.5. The quantitative estimate of drug-likeness (QED) is 0.725. The molecule has 0 radical (unpaired) electrons. The lowest BCUT2D eigenvalue weighted by atomic mass is 9.96. The van der Waals surface area contributed by atoms with E-state index in [1.54, 1.807) is 0 Å². The summed E-state index contributed by atoms with van der Waals surface area (Å²) in [6.45, 7) is 10.8. The van der Waals surface area contributed by atoms with E-state index in [2.05, 4.69) is 25.7 Å². The van der Waals surface area contributed by atoms with Crippen LogP contribution in [0.2, 0.25) is 0 Å². The Kier molecular flexibility index (Phi) is 7.87. The van der Waals surface area contributed by atoms with E-state index in [1.165, 1.54) is 38.6 Å². The first-order valence-electron chi connectivity index (χ1n) is 7.76. The molecule has 18 heavy (non-hydrogen) atoms. The maximum atomic E-state index is 5.74. The minimum atomic E-state index is 0.402. The van der Waals surface area contributed by atoms with Crippen LogP contribution in [-0.2, 0) is 4.74 Å². The summed E-state index contributed by atoms with van der Waals surface area (Å²) in [5.41, 5.74) is 5.65. The highest BCUT2D eigenvalue weighted by atomic mass is 16.5. The molecule has 0 aromatic carbocycles. The van der Waals surface area contributed by atoms with Gasteiger partial charge in [0.05, 0.1) is 12.7 Å². The summed E-state index contributed by atoms with van der Waals surface area (Å²) >= 11 is 0. The number of hydrogen-bond acceptors (Lipinski definition) is 3. The lowest BCUT2D eigenvalue weighted by Gasteiger charge is -2.38. The second kappa shape index (κ2) is 8.89. The summed E-state index contributed by atoms with van der Waals surface area (Å²) in [6, 6.07) is 0.635. The van der Waals surface area contributed by atoms with Gasteiger partial charge in [0, 0.05) is 12.6 Å². The molecule has 0 aromatic rings. The van der Waals surface area contributed by atoms with Gasteiger partial charge in [-0.15, -0.1) is 0 Å². The molecule has 1 aliphatic rings. The summed E-state index contributed by atoms with van der Waals surface area (Å²) < 4.78 is 5.74. The molecule has 0 spiro atoms. The van der Waals surface area contributed by atoms with Gasteiger partial charge in [-0.05, 0) is 51.6 Å². The average molecular weight is 256 g/mol. The summed E-state index contributed by atoms with van der Waals surface area (Å²) in [5.74, 6) is 0.827.